The number of thioether (sulfide) groups is 1. The number of benzene rings is 1. The van der Waals surface area contributed by atoms with Crippen LogP contribution < -0.4 is 5.32 Å². The molecule has 0 radical (unpaired) electrons. The lowest BCUT2D eigenvalue weighted by Crippen LogP contribution is -2.50. The summed E-state index contributed by atoms with van der Waals surface area (Å²) in [6.07, 6.45) is 0. The van der Waals surface area contributed by atoms with E-state index in [9.17, 15) is 4.79 Å². The van der Waals surface area contributed by atoms with Gasteiger partial charge in [-0.15, -0.1) is 11.8 Å². The molecule has 0 aliphatic heterocycles. The quantitative estimate of drug-likeness (QED) is 0.635. The van der Waals surface area contributed by atoms with Gasteiger partial charge in [0.05, 0.1) is 6.61 Å². The molecule has 0 amide bonds. The lowest BCUT2D eigenvalue weighted by atomic mass is 10.1. The van der Waals surface area contributed by atoms with E-state index < -0.39 is 5.54 Å². The van der Waals surface area contributed by atoms with Gasteiger partial charge in [-0.2, -0.15) is 0 Å². The molecule has 0 saturated heterocycles. The van der Waals surface area contributed by atoms with Crippen molar-refractivity contribution in [3.05, 3.63) is 29.8 Å². The fraction of sp³-hybridized carbons (Fsp3) is 0.500. The molecule has 100 valence electrons. The number of likely N-dealkylation sites (N-methyl/N-ethyl adjacent to an activating group) is 1. The van der Waals surface area contributed by atoms with Crippen LogP contribution in [0.25, 0.3) is 0 Å². The summed E-state index contributed by atoms with van der Waals surface area (Å²) in [5.74, 6) is 0.443. The monoisotopic (exact) mass is 267 g/mol. The molecule has 1 rings (SSSR count). The van der Waals surface area contributed by atoms with Crippen LogP contribution >= 0.6 is 11.8 Å². The van der Waals surface area contributed by atoms with Crippen LogP contribution in [0.1, 0.15) is 19.4 Å². The highest BCUT2D eigenvalue weighted by Crippen LogP contribution is 2.24. The molecular formula is C14H21NO2S. The van der Waals surface area contributed by atoms with Gasteiger partial charge >= 0.3 is 5.97 Å². The number of carbonyl (C=O) groups excluding carboxylic acids is 1. The molecule has 0 spiro atoms. The third kappa shape index (κ3) is 4.03. The predicted octanol–water partition coefficient (Wildman–Crippen LogP) is 2.63. The van der Waals surface area contributed by atoms with Crippen molar-refractivity contribution in [2.75, 3.05) is 19.4 Å². The highest BCUT2D eigenvalue weighted by molar-refractivity contribution is 7.99. The average Bonchev–Trinajstić information content (AvgIpc) is 2.36. The van der Waals surface area contributed by atoms with E-state index in [0.29, 0.717) is 12.4 Å². The molecule has 0 aliphatic carbocycles. The highest BCUT2D eigenvalue weighted by Gasteiger charge is 2.32. The Hall–Kier alpha value is -1.00. The predicted molar refractivity (Wildman–Crippen MR) is 76.0 cm³/mol. The van der Waals surface area contributed by atoms with Crippen LogP contribution in [0.5, 0.6) is 0 Å². The van der Waals surface area contributed by atoms with Crippen molar-refractivity contribution in [3.8, 4) is 0 Å². The maximum absolute atomic E-state index is 11.9. The largest absolute Gasteiger partial charge is 0.465 e. The number of hydrogen-bond donors (Lipinski definition) is 1. The molecule has 0 aliphatic rings. The Morgan fingerprint density at radius 2 is 2.22 bits per heavy atom. The normalized spacial score (nSPS) is 14.0. The third-order valence-electron chi connectivity index (χ3n) is 2.79. The first-order valence-corrected chi connectivity index (χ1v) is 7.06. The SMILES string of the molecule is CCOC(=O)C(C)(CSc1cccc(C)c1)NC. The van der Waals surface area contributed by atoms with Crippen LogP contribution in [0.15, 0.2) is 29.2 Å². The molecule has 0 heterocycles. The van der Waals surface area contributed by atoms with Gasteiger partial charge in [-0.05, 0) is 40.0 Å². The first-order valence-electron chi connectivity index (χ1n) is 6.07. The van der Waals surface area contributed by atoms with Crippen molar-refractivity contribution in [3.63, 3.8) is 0 Å². The molecule has 1 atom stereocenters. The molecule has 0 saturated carbocycles. The van der Waals surface area contributed by atoms with Crippen LogP contribution in [0, 0.1) is 6.92 Å². The highest BCUT2D eigenvalue weighted by atomic mass is 32.2. The van der Waals surface area contributed by atoms with Gasteiger partial charge in [0, 0.05) is 10.6 Å². The number of nitrogens with one attached hydrogen (secondary N) is 1. The molecule has 1 aromatic carbocycles. The van der Waals surface area contributed by atoms with Gasteiger partial charge in [0.15, 0.2) is 0 Å². The number of aryl methyl sites for hydroxylation is 1. The van der Waals surface area contributed by atoms with Crippen LogP contribution in [0.2, 0.25) is 0 Å². The van der Waals surface area contributed by atoms with Crippen molar-refractivity contribution < 1.29 is 9.53 Å². The van der Waals surface area contributed by atoms with Gasteiger partial charge in [0.1, 0.15) is 5.54 Å². The zero-order chi connectivity index (χ0) is 13.6. The lowest BCUT2D eigenvalue weighted by molar-refractivity contribution is -0.149. The fourth-order valence-corrected chi connectivity index (χ4v) is 2.62. The molecule has 1 N–H and O–H groups in total. The van der Waals surface area contributed by atoms with E-state index in [4.69, 9.17) is 4.74 Å². The summed E-state index contributed by atoms with van der Waals surface area (Å²) in [5, 5.41) is 3.05. The Kier molecular flexibility index (Phi) is 5.69. The molecule has 0 aromatic heterocycles. The van der Waals surface area contributed by atoms with Crippen LogP contribution in [-0.2, 0) is 9.53 Å². The van der Waals surface area contributed by atoms with E-state index in [2.05, 4.69) is 30.4 Å². The summed E-state index contributed by atoms with van der Waals surface area (Å²) in [6.45, 7) is 6.16. The topological polar surface area (TPSA) is 38.3 Å². The number of hydrogen-bond acceptors (Lipinski definition) is 4. The van der Waals surface area contributed by atoms with Crippen molar-refractivity contribution in [2.45, 2.75) is 31.2 Å². The number of ether oxygens (including phenoxy) is 1. The van der Waals surface area contributed by atoms with Gasteiger partial charge in [-0.3, -0.25) is 4.79 Å². The summed E-state index contributed by atoms with van der Waals surface area (Å²) in [6, 6.07) is 8.26. The Bertz CT molecular complexity index is 409. The van der Waals surface area contributed by atoms with E-state index in [-0.39, 0.29) is 5.97 Å². The van der Waals surface area contributed by atoms with Crippen molar-refractivity contribution in [1.82, 2.24) is 5.32 Å². The maximum atomic E-state index is 11.9. The van der Waals surface area contributed by atoms with Crippen LogP contribution in [-0.4, -0.2) is 30.9 Å². The molecular weight excluding hydrogens is 246 g/mol. The van der Waals surface area contributed by atoms with Crippen molar-refractivity contribution >= 4 is 17.7 Å². The van der Waals surface area contributed by atoms with Gasteiger partial charge < -0.3 is 10.1 Å². The van der Waals surface area contributed by atoms with E-state index in [1.807, 2.05) is 19.9 Å². The van der Waals surface area contributed by atoms with Crippen molar-refractivity contribution in [2.24, 2.45) is 0 Å². The van der Waals surface area contributed by atoms with Gasteiger partial charge in [0.2, 0.25) is 0 Å². The molecule has 1 aromatic rings. The third-order valence-corrected chi connectivity index (χ3v) is 4.10. The average molecular weight is 267 g/mol. The summed E-state index contributed by atoms with van der Waals surface area (Å²) < 4.78 is 5.10. The van der Waals surface area contributed by atoms with Crippen LogP contribution in [0.3, 0.4) is 0 Å². The van der Waals surface area contributed by atoms with Crippen molar-refractivity contribution in [1.29, 1.82) is 0 Å². The van der Waals surface area contributed by atoms with E-state index in [1.54, 1.807) is 18.8 Å². The zero-order valence-corrected chi connectivity index (χ0v) is 12.3. The van der Waals surface area contributed by atoms with Gasteiger partial charge in [-0.1, -0.05) is 17.7 Å². The second-order valence-corrected chi connectivity index (χ2v) is 5.46. The smallest absolute Gasteiger partial charge is 0.326 e. The number of esters is 1. The molecule has 18 heavy (non-hydrogen) atoms. The minimum Gasteiger partial charge on any atom is -0.465 e. The van der Waals surface area contributed by atoms with Crippen LogP contribution in [0.4, 0.5) is 0 Å². The molecule has 0 bridgehead atoms. The lowest BCUT2D eigenvalue weighted by Gasteiger charge is -2.26. The minimum absolute atomic E-state index is 0.201. The van der Waals surface area contributed by atoms with E-state index in [1.165, 1.54) is 10.5 Å². The fourth-order valence-electron chi connectivity index (χ4n) is 1.46. The first kappa shape index (κ1) is 15.1. The second kappa shape index (κ2) is 6.81. The standard InChI is InChI=1S/C14H21NO2S/c1-5-17-13(16)14(3,15-4)10-18-12-8-6-7-11(2)9-12/h6-9,15H,5,10H2,1-4H3. The molecule has 4 heteroatoms. The first-order chi connectivity index (χ1) is 8.51. The molecule has 0 fully saturated rings. The maximum Gasteiger partial charge on any atom is 0.326 e. The summed E-state index contributed by atoms with van der Waals surface area (Å²) >= 11 is 1.66. The summed E-state index contributed by atoms with van der Waals surface area (Å²) in [4.78, 5) is 13.1. The number of rotatable bonds is 6. The Morgan fingerprint density at radius 3 is 2.78 bits per heavy atom. The number of carbonyl (C=O) groups is 1. The van der Waals surface area contributed by atoms with Gasteiger partial charge in [-0.25, -0.2) is 0 Å². The minimum atomic E-state index is -0.648. The Morgan fingerprint density at radius 1 is 1.50 bits per heavy atom. The van der Waals surface area contributed by atoms with E-state index >= 15 is 0 Å². The zero-order valence-electron chi connectivity index (χ0n) is 11.4. The second-order valence-electron chi connectivity index (χ2n) is 4.41. The summed E-state index contributed by atoms with van der Waals surface area (Å²) in [7, 11) is 1.79. The van der Waals surface area contributed by atoms with Gasteiger partial charge in [0.25, 0.3) is 0 Å². The Labute approximate surface area is 113 Å². The Balaban J connectivity index is 2.66. The summed E-state index contributed by atoms with van der Waals surface area (Å²) in [5.41, 5.74) is 0.576. The van der Waals surface area contributed by atoms with E-state index in [0.717, 1.165) is 0 Å². The molecule has 3 nitrogen and oxygen atoms in total. The molecule has 1 unspecified atom stereocenters.